The van der Waals surface area contributed by atoms with Crippen LogP contribution in [-0.2, 0) is 84.6 Å². The zero-order valence-corrected chi connectivity index (χ0v) is 84.8. The Bertz CT molecular complexity index is 7600. The van der Waals surface area contributed by atoms with Crippen LogP contribution in [-0.4, -0.2) is 18.3 Å². The molecule has 0 amide bonds. The fourth-order valence-corrected chi connectivity index (χ4v) is 20.1. The van der Waals surface area contributed by atoms with E-state index in [2.05, 4.69) is 583 Å². The number of imidazole rings is 4. The maximum atomic E-state index is 2.51. The third-order valence-electron chi connectivity index (χ3n) is 27.4. The summed E-state index contributed by atoms with van der Waals surface area (Å²) in [6.45, 7) is 31.8. The quantitative estimate of drug-likeness (QED) is 0.0769. The predicted molar refractivity (Wildman–Crippen MR) is 547 cm³/mol. The third-order valence-corrected chi connectivity index (χ3v) is 27.4. The highest BCUT2D eigenvalue weighted by molar-refractivity contribution is 5.82. The van der Waals surface area contributed by atoms with E-state index in [-0.39, 0.29) is 0 Å². The fourth-order valence-electron chi connectivity index (χ4n) is 20.1. The Hall–Kier alpha value is -14.6. The molecule has 16 heteroatoms. The van der Waals surface area contributed by atoms with Crippen LogP contribution in [0.3, 0.4) is 0 Å². The normalized spacial score (nSPS) is 11.6. The molecule has 12 heterocycles. The van der Waals surface area contributed by atoms with E-state index in [0.29, 0.717) is 35.5 Å². The Morgan fingerprint density at radius 2 is 0.463 bits per heavy atom. The Kier molecular flexibility index (Phi) is 27.7. The molecule has 0 saturated heterocycles. The van der Waals surface area contributed by atoms with Crippen molar-refractivity contribution in [2.24, 2.45) is 84.6 Å². The van der Waals surface area contributed by atoms with E-state index in [1.165, 1.54) is 175 Å². The molecular weight excluding hydrogens is 1670 g/mol. The highest BCUT2D eigenvalue weighted by atomic mass is 15.2. The second-order valence-corrected chi connectivity index (χ2v) is 38.6. The van der Waals surface area contributed by atoms with E-state index in [4.69, 9.17) is 0 Å². The number of para-hydroxylation sites is 10. The summed E-state index contributed by atoms with van der Waals surface area (Å²) in [5.74, 6) is 7.15. The van der Waals surface area contributed by atoms with Crippen LogP contribution in [0, 0.1) is 13.8 Å². The van der Waals surface area contributed by atoms with Gasteiger partial charge in [0.15, 0.2) is 57.9 Å². The monoisotopic (exact) mass is 1800 g/mol. The number of aromatic nitrogens is 16. The third kappa shape index (κ3) is 17.9. The smallest absolute Gasteiger partial charge is 0.227 e. The lowest BCUT2D eigenvalue weighted by Crippen LogP contribution is -2.43. The molecule has 0 aliphatic carbocycles. The van der Waals surface area contributed by atoms with Crippen molar-refractivity contribution in [3.8, 4) is 114 Å². The van der Waals surface area contributed by atoms with Gasteiger partial charge in [-0.3, -0.25) is 0 Å². The number of hydrogen-bond donors (Lipinski definition) is 0. The van der Waals surface area contributed by atoms with Gasteiger partial charge in [0.2, 0.25) is 0 Å². The van der Waals surface area contributed by atoms with Gasteiger partial charge >= 0.3 is 23.3 Å². The summed E-state index contributed by atoms with van der Waals surface area (Å²) in [5.41, 5.74) is 37.2. The lowest BCUT2D eigenvalue weighted by atomic mass is 9.92. The molecule has 19 aromatic rings. The van der Waals surface area contributed by atoms with Crippen LogP contribution in [0.15, 0.2) is 328 Å². The minimum absolute atomic E-state index is 0.402. The summed E-state index contributed by atoms with van der Waals surface area (Å²) >= 11 is 0. The van der Waals surface area contributed by atoms with Gasteiger partial charge in [0.1, 0.15) is 91.5 Å². The largest absolute Gasteiger partial charge is 0.360 e. The Morgan fingerprint density at radius 3 is 0.801 bits per heavy atom. The fraction of sp³-hybridized carbons (Fsp3) is 0.267. The first-order valence-electron chi connectivity index (χ1n) is 48.2. The summed E-state index contributed by atoms with van der Waals surface area (Å²) < 4.78 is 37.0. The van der Waals surface area contributed by atoms with Crippen LogP contribution in [0.4, 0.5) is 0 Å². The molecule has 0 radical (unpaired) electrons. The summed E-state index contributed by atoms with van der Waals surface area (Å²) in [5, 5.41) is 0. The van der Waals surface area contributed by atoms with Crippen LogP contribution in [0.1, 0.15) is 163 Å². The highest BCUT2D eigenvalue weighted by Gasteiger charge is 2.42. The van der Waals surface area contributed by atoms with Crippen LogP contribution in [0.2, 0.25) is 0 Å². The summed E-state index contributed by atoms with van der Waals surface area (Å²) in [6, 6.07) is 105. The second kappa shape index (κ2) is 39.9. The van der Waals surface area contributed by atoms with Crippen LogP contribution < -0.4 is 54.8 Å². The topological polar surface area (TPSA) is 66.3 Å². The van der Waals surface area contributed by atoms with E-state index < -0.39 is 0 Å². The molecule has 0 atom stereocenters. The summed E-state index contributed by atoms with van der Waals surface area (Å²) in [7, 11) is 25.8. The van der Waals surface area contributed by atoms with Gasteiger partial charge in [0, 0.05) is 130 Å². The average molecular weight is 1800 g/mol. The van der Waals surface area contributed by atoms with Crippen molar-refractivity contribution in [2.75, 3.05) is 0 Å². The second-order valence-electron chi connectivity index (χ2n) is 38.6. The van der Waals surface area contributed by atoms with Crippen molar-refractivity contribution in [3.63, 3.8) is 0 Å². The van der Waals surface area contributed by atoms with Crippen LogP contribution in [0.5, 0.6) is 0 Å². The molecule has 7 aromatic carbocycles. The van der Waals surface area contributed by atoms with Gasteiger partial charge in [-0.15, -0.1) is 0 Å². The number of rotatable bonds is 18. The molecule has 0 fully saturated rings. The van der Waals surface area contributed by atoms with E-state index in [1.54, 1.807) is 0 Å². The molecule has 0 saturated carbocycles. The van der Waals surface area contributed by atoms with Crippen molar-refractivity contribution in [1.29, 1.82) is 0 Å². The zero-order valence-electron chi connectivity index (χ0n) is 84.8. The van der Waals surface area contributed by atoms with Gasteiger partial charge in [-0.1, -0.05) is 192 Å². The number of fused-ring (bicyclic) bond motifs is 3. The lowest BCUT2D eigenvalue weighted by Gasteiger charge is -2.18. The first kappa shape index (κ1) is 94.6. The van der Waals surface area contributed by atoms with Crippen molar-refractivity contribution in [1.82, 2.24) is 18.3 Å². The number of benzene rings is 7. The molecule has 0 aliphatic rings. The van der Waals surface area contributed by atoms with Gasteiger partial charge in [0.05, 0.1) is 28.2 Å². The van der Waals surface area contributed by atoms with Crippen molar-refractivity contribution in [3.05, 3.63) is 373 Å². The maximum absolute atomic E-state index is 2.51. The molecule has 12 aromatic heterocycles. The van der Waals surface area contributed by atoms with Gasteiger partial charge in [0.25, 0.3) is 68.3 Å². The number of nitrogens with zero attached hydrogens (tertiary/aromatic N) is 16. The maximum Gasteiger partial charge on any atom is 0.360 e. The molecule has 16 nitrogen and oxygen atoms in total. The van der Waals surface area contributed by atoms with E-state index in [0.717, 1.165) is 17.2 Å². The average Bonchev–Trinajstić information content (AvgIpc) is 1.64. The number of hydrogen-bond acceptors (Lipinski definition) is 0. The first-order valence-corrected chi connectivity index (χ1v) is 48.2. The Balaban J connectivity index is 0.000000132. The van der Waals surface area contributed by atoms with Crippen LogP contribution >= 0.6 is 0 Å². The molecule has 0 unspecified atom stereocenters. The van der Waals surface area contributed by atoms with E-state index in [9.17, 15) is 0 Å². The van der Waals surface area contributed by atoms with Crippen LogP contribution in [0.25, 0.3) is 147 Å². The summed E-state index contributed by atoms with van der Waals surface area (Å²) in [6.07, 6.45) is 12.8. The Morgan fingerprint density at radius 1 is 0.199 bits per heavy atom. The zero-order chi connectivity index (χ0) is 96.5. The number of aryl methyl sites for hydroxylation is 10. The predicted octanol–water partition coefficient (Wildman–Crippen LogP) is 20.0. The SMILES string of the molecule is CC(C)c1cccc(C(C)C)c1-n1c(-c2cccc(-c3cccc[n+]3C)[n+]2C)[n+](C)c2ccccc21.C[n+]1ccccc1-c1cccc(-c2n(-c3ccccc3)c3ccccc3[n+]2C)[n+]1C.Cc1cc[n+](C)c(-c2cccc(-c3n(-c4c(C(C)C)cccc4C(C)C)c4ccccc4[n+]3C)[n+]2C)c1.Cc1cc[n+](C)c(-c2cccc(-c3n(-c4c(C(C)C)cccc4C(C)C)cc[n+]3C)[n+]2C)c1. The molecule has 0 N–H and O–H groups in total. The van der Waals surface area contributed by atoms with Gasteiger partial charge in [-0.2, -0.15) is 54.8 Å². The van der Waals surface area contributed by atoms with Gasteiger partial charge < -0.3 is 0 Å². The minimum atomic E-state index is 0.402. The van der Waals surface area contributed by atoms with Gasteiger partial charge in [-0.05, 0) is 145 Å². The molecule has 0 aliphatic heterocycles. The standard InChI is InChI=1S/C33H39N4.C32H37N4.C29H37N4.C26H25N4/c1-22(2)25-13-11-14-26(23(3)4)32(25)37-29-16-10-9-15-27(29)36(8)33(37)30-18-12-17-28(35(30)7)31-21-24(5)19-20-34(31)6;1-22(2)24-14-12-15-25(23(3)4)31(24)36-29-18-9-8-17-28(29)35(7)32(36)30-20-13-19-27(34(30)6)26-16-10-11-21-33(26)5;1-20(2)23-11-9-12-24(21(3)4)28(23)33-18-17-31(7)29(33)26-14-10-13-25(32(26)8)27-19-22(5)15-16-30(27)6;1-27-19-10-9-14-21(27)22-17-11-18-25(28(22)2)26-29(3)23-15-7-8-16-24(23)30(26)20-12-5-4-6-13-20/h9-23H,1-8H3;8-23H,1-7H3;9-21H,1-8H3;4-19H,1-3H3/q4*+3. The number of pyridine rings is 8. The first-order chi connectivity index (χ1) is 65.4. The van der Waals surface area contributed by atoms with Crippen molar-refractivity contribution >= 4 is 33.1 Å². The molecular formula is C120H138N16+12. The molecule has 19 rings (SSSR count). The Labute approximate surface area is 805 Å². The minimum Gasteiger partial charge on any atom is -0.227 e. The van der Waals surface area contributed by atoms with E-state index >= 15 is 0 Å². The van der Waals surface area contributed by atoms with E-state index in [1.807, 2.05) is 0 Å². The molecule has 0 spiro atoms. The highest BCUT2D eigenvalue weighted by Crippen LogP contribution is 2.41. The van der Waals surface area contributed by atoms with Gasteiger partial charge in [-0.25, -0.2) is 18.3 Å². The molecule has 136 heavy (non-hydrogen) atoms. The van der Waals surface area contributed by atoms with Crippen molar-refractivity contribution < 1.29 is 54.8 Å². The molecule has 0 bridgehead atoms. The lowest BCUT2D eigenvalue weighted by molar-refractivity contribution is -0.697. The summed E-state index contributed by atoms with van der Waals surface area (Å²) in [4.78, 5) is 0. The molecule has 686 valence electrons. The van der Waals surface area contributed by atoms with Crippen molar-refractivity contribution in [2.45, 2.75) is 132 Å².